The minimum absolute atomic E-state index is 0.0430. The Morgan fingerprint density at radius 3 is 1.90 bits per heavy atom. The number of alkyl halides is 6. The highest BCUT2D eigenvalue weighted by atomic mass is 19.4. The summed E-state index contributed by atoms with van der Waals surface area (Å²) in [5.74, 6) is -1.02. The third kappa shape index (κ3) is 4.68. The third-order valence-electron chi connectivity index (χ3n) is 3.61. The van der Waals surface area contributed by atoms with Gasteiger partial charge in [0.2, 0.25) is 0 Å². The SMILES string of the molecule is CC1(C)NC(C)(C)C(CC(F)(F)F)C=C1CC(F)(F)F. The number of rotatable bonds is 2. The molecule has 0 radical (unpaired) electrons. The molecular weight excluding hydrogens is 284 g/mol. The fourth-order valence-electron chi connectivity index (χ4n) is 2.70. The van der Waals surface area contributed by atoms with Crippen LogP contribution >= 0.6 is 0 Å². The van der Waals surface area contributed by atoms with Crippen molar-refractivity contribution in [1.82, 2.24) is 5.32 Å². The summed E-state index contributed by atoms with van der Waals surface area (Å²) in [5.41, 5.74) is -1.95. The van der Waals surface area contributed by atoms with Gasteiger partial charge in [-0.3, -0.25) is 0 Å². The molecule has 0 saturated heterocycles. The van der Waals surface area contributed by atoms with E-state index >= 15 is 0 Å². The van der Waals surface area contributed by atoms with Crippen LogP contribution in [0.4, 0.5) is 26.3 Å². The van der Waals surface area contributed by atoms with Crippen LogP contribution in [0.2, 0.25) is 0 Å². The zero-order chi connectivity index (χ0) is 16.0. The molecule has 7 heteroatoms. The molecule has 0 aromatic carbocycles. The topological polar surface area (TPSA) is 12.0 Å². The lowest BCUT2D eigenvalue weighted by Gasteiger charge is -2.47. The predicted octanol–water partition coefficient (Wildman–Crippen LogP) is 4.59. The Morgan fingerprint density at radius 1 is 1.00 bits per heavy atom. The third-order valence-corrected chi connectivity index (χ3v) is 3.61. The molecule has 0 aromatic heterocycles. The van der Waals surface area contributed by atoms with E-state index in [4.69, 9.17) is 0 Å². The average molecular weight is 303 g/mol. The molecule has 0 saturated carbocycles. The van der Waals surface area contributed by atoms with Gasteiger partial charge in [-0.2, -0.15) is 26.3 Å². The van der Waals surface area contributed by atoms with Crippen molar-refractivity contribution < 1.29 is 26.3 Å². The van der Waals surface area contributed by atoms with Gasteiger partial charge in [-0.05, 0) is 33.3 Å². The molecule has 0 bridgehead atoms. The van der Waals surface area contributed by atoms with Crippen molar-refractivity contribution in [3.8, 4) is 0 Å². The number of hydrogen-bond donors (Lipinski definition) is 1. The Morgan fingerprint density at radius 2 is 1.50 bits per heavy atom. The van der Waals surface area contributed by atoms with Crippen LogP contribution in [0.3, 0.4) is 0 Å². The lowest BCUT2D eigenvalue weighted by Crippen LogP contribution is -2.60. The first-order chi connectivity index (χ1) is 8.62. The molecule has 0 spiro atoms. The molecule has 0 aromatic rings. The number of hydrogen-bond acceptors (Lipinski definition) is 1. The van der Waals surface area contributed by atoms with E-state index in [2.05, 4.69) is 5.32 Å². The predicted molar refractivity (Wildman–Crippen MR) is 64.2 cm³/mol. The number of nitrogens with one attached hydrogen (secondary N) is 1. The molecule has 1 nitrogen and oxygen atoms in total. The molecule has 1 rings (SSSR count). The van der Waals surface area contributed by atoms with Crippen molar-refractivity contribution in [3.05, 3.63) is 11.6 Å². The van der Waals surface area contributed by atoms with E-state index < -0.39 is 42.2 Å². The second kappa shape index (κ2) is 4.93. The van der Waals surface area contributed by atoms with Crippen molar-refractivity contribution in [1.29, 1.82) is 0 Å². The Balaban J connectivity index is 3.12. The summed E-state index contributed by atoms with van der Waals surface area (Å²) in [7, 11) is 0. The lowest BCUT2D eigenvalue weighted by atomic mass is 9.73. The molecule has 1 atom stereocenters. The molecule has 1 aliphatic heterocycles. The van der Waals surface area contributed by atoms with Gasteiger partial charge in [-0.25, -0.2) is 0 Å². The molecule has 1 N–H and O–H groups in total. The van der Waals surface area contributed by atoms with E-state index in [1.165, 1.54) is 0 Å². The summed E-state index contributed by atoms with van der Waals surface area (Å²) in [5, 5.41) is 2.91. The van der Waals surface area contributed by atoms with E-state index in [1.54, 1.807) is 27.7 Å². The molecule has 20 heavy (non-hydrogen) atoms. The molecule has 0 fully saturated rings. The zero-order valence-electron chi connectivity index (χ0n) is 11.8. The maximum absolute atomic E-state index is 12.6. The monoisotopic (exact) mass is 303 g/mol. The van der Waals surface area contributed by atoms with Gasteiger partial charge in [0.15, 0.2) is 0 Å². The average Bonchev–Trinajstić information content (AvgIpc) is 2.07. The maximum atomic E-state index is 12.6. The van der Waals surface area contributed by atoms with Gasteiger partial charge in [0, 0.05) is 17.0 Å². The lowest BCUT2D eigenvalue weighted by molar-refractivity contribution is -0.147. The van der Waals surface area contributed by atoms with E-state index in [9.17, 15) is 26.3 Å². The number of halogens is 6. The second-order valence-corrected chi connectivity index (χ2v) is 6.38. The smallest absolute Gasteiger partial charge is 0.303 e. The fourth-order valence-corrected chi connectivity index (χ4v) is 2.70. The molecular formula is C13H19F6N. The van der Waals surface area contributed by atoms with Crippen molar-refractivity contribution in [2.24, 2.45) is 5.92 Å². The van der Waals surface area contributed by atoms with Crippen LogP contribution in [0, 0.1) is 5.92 Å². The van der Waals surface area contributed by atoms with E-state index in [1.807, 2.05) is 0 Å². The highest BCUT2D eigenvalue weighted by Crippen LogP contribution is 2.41. The Bertz CT molecular complexity index is 389. The van der Waals surface area contributed by atoms with Crippen LogP contribution in [0.1, 0.15) is 40.5 Å². The Kier molecular flexibility index (Phi) is 4.27. The van der Waals surface area contributed by atoms with Gasteiger partial charge in [0.05, 0.1) is 12.8 Å². The first-order valence-electron chi connectivity index (χ1n) is 6.26. The van der Waals surface area contributed by atoms with E-state index in [0.29, 0.717) is 0 Å². The highest BCUT2D eigenvalue weighted by molar-refractivity contribution is 5.27. The summed E-state index contributed by atoms with van der Waals surface area (Å²) in [6.45, 7) is 6.25. The molecule has 1 aliphatic rings. The van der Waals surface area contributed by atoms with Crippen LogP contribution < -0.4 is 5.32 Å². The van der Waals surface area contributed by atoms with Crippen molar-refractivity contribution in [2.75, 3.05) is 0 Å². The standard InChI is InChI=1S/C13H19F6N/c1-10(2)8(6-12(14,15)16)5-9(7-13(17,18)19)11(3,4)20-10/h5,8,20H,6-7H2,1-4H3. The van der Waals surface area contributed by atoms with Gasteiger partial charge in [-0.15, -0.1) is 0 Å². The van der Waals surface area contributed by atoms with Crippen LogP contribution in [-0.2, 0) is 0 Å². The second-order valence-electron chi connectivity index (χ2n) is 6.38. The van der Waals surface area contributed by atoms with E-state index in [-0.39, 0.29) is 5.57 Å². The minimum Gasteiger partial charge on any atom is -0.303 e. The van der Waals surface area contributed by atoms with Crippen LogP contribution in [-0.4, -0.2) is 23.4 Å². The minimum atomic E-state index is -4.44. The summed E-state index contributed by atoms with van der Waals surface area (Å²) >= 11 is 0. The van der Waals surface area contributed by atoms with Crippen LogP contribution in [0.25, 0.3) is 0 Å². The molecule has 118 valence electrons. The summed E-state index contributed by atoms with van der Waals surface area (Å²) in [6.07, 6.45) is -10.0. The highest BCUT2D eigenvalue weighted by Gasteiger charge is 2.46. The summed E-state index contributed by atoms with van der Waals surface area (Å²) in [4.78, 5) is 0. The van der Waals surface area contributed by atoms with Crippen molar-refractivity contribution >= 4 is 0 Å². The summed E-state index contributed by atoms with van der Waals surface area (Å²) < 4.78 is 75.3. The van der Waals surface area contributed by atoms with Crippen molar-refractivity contribution in [3.63, 3.8) is 0 Å². The normalized spacial score (nSPS) is 26.3. The Labute approximate surface area is 114 Å². The first-order valence-corrected chi connectivity index (χ1v) is 6.26. The first kappa shape index (κ1) is 17.3. The van der Waals surface area contributed by atoms with Crippen LogP contribution in [0.5, 0.6) is 0 Å². The van der Waals surface area contributed by atoms with Crippen LogP contribution in [0.15, 0.2) is 11.6 Å². The molecule has 1 heterocycles. The Hall–Kier alpha value is -0.720. The zero-order valence-corrected chi connectivity index (χ0v) is 11.8. The van der Waals surface area contributed by atoms with Gasteiger partial charge in [0.25, 0.3) is 0 Å². The fraction of sp³-hybridized carbons (Fsp3) is 0.846. The van der Waals surface area contributed by atoms with E-state index in [0.717, 1.165) is 6.08 Å². The van der Waals surface area contributed by atoms with Gasteiger partial charge in [-0.1, -0.05) is 6.08 Å². The largest absolute Gasteiger partial charge is 0.392 e. The van der Waals surface area contributed by atoms with Crippen molar-refractivity contribution in [2.45, 2.75) is 64.0 Å². The molecule has 1 unspecified atom stereocenters. The van der Waals surface area contributed by atoms with Gasteiger partial charge in [0.1, 0.15) is 0 Å². The van der Waals surface area contributed by atoms with Gasteiger partial charge < -0.3 is 5.32 Å². The maximum Gasteiger partial charge on any atom is 0.392 e. The molecule has 0 amide bonds. The van der Waals surface area contributed by atoms with Gasteiger partial charge >= 0.3 is 12.4 Å². The quantitative estimate of drug-likeness (QED) is 0.581. The summed E-state index contributed by atoms with van der Waals surface area (Å²) in [6, 6.07) is 0. The molecule has 0 aliphatic carbocycles.